The summed E-state index contributed by atoms with van der Waals surface area (Å²) in [6.07, 6.45) is -0.696. The molecule has 17 heavy (non-hydrogen) atoms. The molecule has 2 nitrogen and oxygen atoms in total. The van der Waals surface area contributed by atoms with E-state index in [1.54, 1.807) is 6.07 Å². The van der Waals surface area contributed by atoms with Crippen molar-refractivity contribution < 1.29 is 13.9 Å². The first-order valence-electron chi connectivity index (χ1n) is 5.67. The first-order valence-corrected chi connectivity index (χ1v) is 5.67. The number of hydrogen-bond donors (Lipinski definition) is 1. The fourth-order valence-electron chi connectivity index (χ4n) is 1.87. The summed E-state index contributed by atoms with van der Waals surface area (Å²) in [7, 11) is 0. The van der Waals surface area contributed by atoms with Crippen LogP contribution in [-0.2, 0) is 0 Å². The molecule has 1 aromatic carbocycles. The predicted octanol–water partition coefficient (Wildman–Crippen LogP) is 3.96. The quantitative estimate of drug-likeness (QED) is 0.813. The van der Waals surface area contributed by atoms with Gasteiger partial charge in [0.05, 0.1) is 0 Å². The summed E-state index contributed by atoms with van der Waals surface area (Å²) in [5.74, 6) is 0.233. The van der Waals surface area contributed by atoms with E-state index in [0.717, 1.165) is 10.9 Å². The maximum Gasteiger partial charge on any atom is 0.137 e. The van der Waals surface area contributed by atoms with Crippen LogP contribution in [0.3, 0.4) is 0 Å². The Kier molecular flexibility index (Phi) is 2.74. The van der Waals surface area contributed by atoms with Gasteiger partial charge < -0.3 is 9.52 Å². The van der Waals surface area contributed by atoms with Gasteiger partial charge in [0.25, 0.3) is 0 Å². The molecule has 0 fully saturated rings. The van der Waals surface area contributed by atoms with Crippen LogP contribution in [0.5, 0.6) is 0 Å². The Bertz CT molecular complexity index is 549. The summed E-state index contributed by atoms with van der Waals surface area (Å²) in [4.78, 5) is 0. The molecule has 1 atom stereocenters. The molecule has 2 rings (SSSR count). The summed E-state index contributed by atoms with van der Waals surface area (Å²) in [6.45, 7) is 7.65. The number of rotatable bonds is 1. The van der Waals surface area contributed by atoms with Gasteiger partial charge in [-0.3, -0.25) is 0 Å². The molecule has 92 valence electrons. The summed E-state index contributed by atoms with van der Waals surface area (Å²) in [5, 5.41) is 10.9. The van der Waals surface area contributed by atoms with Gasteiger partial charge in [-0.05, 0) is 30.5 Å². The highest BCUT2D eigenvalue weighted by Gasteiger charge is 2.29. The standard InChI is InChI=1S/C14H17FO2/c1-8-10-7-9(15)5-6-11(10)17-12(8)13(16)14(2,3)4/h5-7,13,16H,1-4H3. The van der Waals surface area contributed by atoms with Crippen molar-refractivity contribution >= 4 is 11.0 Å². The van der Waals surface area contributed by atoms with Gasteiger partial charge in [-0.1, -0.05) is 20.8 Å². The van der Waals surface area contributed by atoms with Crippen LogP contribution in [-0.4, -0.2) is 5.11 Å². The third-order valence-corrected chi connectivity index (χ3v) is 3.00. The van der Waals surface area contributed by atoms with Crippen LogP contribution in [0, 0.1) is 18.2 Å². The highest BCUT2D eigenvalue weighted by molar-refractivity contribution is 5.82. The molecule has 0 radical (unpaired) electrons. The van der Waals surface area contributed by atoms with Gasteiger partial charge in [-0.25, -0.2) is 4.39 Å². The van der Waals surface area contributed by atoms with E-state index in [1.165, 1.54) is 12.1 Å². The van der Waals surface area contributed by atoms with Crippen molar-refractivity contribution in [2.75, 3.05) is 0 Å². The molecule has 1 aromatic heterocycles. The van der Waals surface area contributed by atoms with Gasteiger partial charge in [0.2, 0.25) is 0 Å². The largest absolute Gasteiger partial charge is 0.458 e. The van der Waals surface area contributed by atoms with E-state index < -0.39 is 6.10 Å². The summed E-state index contributed by atoms with van der Waals surface area (Å²) >= 11 is 0. The van der Waals surface area contributed by atoms with Gasteiger partial charge >= 0.3 is 0 Å². The molecule has 0 saturated carbocycles. The lowest BCUT2D eigenvalue weighted by molar-refractivity contribution is 0.0441. The van der Waals surface area contributed by atoms with Crippen molar-refractivity contribution in [2.24, 2.45) is 5.41 Å². The zero-order chi connectivity index (χ0) is 12.8. The third kappa shape index (κ3) is 2.07. The normalized spacial score (nSPS) is 14.2. The molecule has 0 aliphatic carbocycles. The minimum atomic E-state index is -0.696. The highest BCUT2D eigenvalue weighted by Crippen LogP contribution is 2.38. The molecular weight excluding hydrogens is 219 g/mol. The Morgan fingerprint density at radius 3 is 2.53 bits per heavy atom. The molecule has 0 spiro atoms. The summed E-state index contributed by atoms with van der Waals surface area (Å²) in [5.41, 5.74) is 1.11. The maximum atomic E-state index is 13.2. The van der Waals surface area contributed by atoms with Crippen molar-refractivity contribution in [3.63, 3.8) is 0 Å². The van der Waals surface area contributed by atoms with E-state index in [-0.39, 0.29) is 11.2 Å². The lowest BCUT2D eigenvalue weighted by Gasteiger charge is -2.24. The molecule has 3 heteroatoms. The van der Waals surface area contributed by atoms with Crippen molar-refractivity contribution in [2.45, 2.75) is 33.8 Å². The minimum Gasteiger partial charge on any atom is -0.458 e. The average molecular weight is 236 g/mol. The zero-order valence-electron chi connectivity index (χ0n) is 10.5. The second-order valence-electron chi connectivity index (χ2n) is 5.50. The van der Waals surface area contributed by atoms with Crippen LogP contribution in [0.25, 0.3) is 11.0 Å². The van der Waals surface area contributed by atoms with Crippen LogP contribution in [0.1, 0.15) is 38.2 Å². The Morgan fingerprint density at radius 1 is 1.29 bits per heavy atom. The molecular formula is C14H17FO2. The number of furan rings is 1. The Balaban J connectivity index is 2.60. The number of benzene rings is 1. The topological polar surface area (TPSA) is 33.4 Å². The number of fused-ring (bicyclic) bond motifs is 1. The minimum absolute atomic E-state index is 0.293. The van der Waals surface area contributed by atoms with Crippen molar-refractivity contribution in [1.29, 1.82) is 0 Å². The van der Waals surface area contributed by atoms with Crippen molar-refractivity contribution in [3.8, 4) is 0 Å². The van der Waals surface area contributed by atoms with Crippen molar-refractivity contribution in [3.05, 3.63) is 35.3 Å². The number of aliphatic hydroxyl groups is 1. The van der Waals surface area contributed by atoms with Gasteiger partial charge in [0, 0.05) is 10.9 Å². The van der Waals surface area contributed by atoms with E-state index in [9.17, 15) is 9.50 Å². The predicted molar refractivity (Wildman–Crippen MR) is 65.3 cm³/mol. The molecule has 0 bridgehead atoms. The second kappa shape index (κ2) is 3.84. The smallest absolute Gasteiger partial charge is 0.137 e. The SMILES string of the molecule is Cc1c(C(O)C(C)(C)C)oc2ccc(F)cc12. The highest BCUT2D eigenvalue weighted by atomic mass is 19.1. The lowest BCUT2D eigenvalue weighted by Crippen LogP contribution is -2.17. The van der Waals surface area contributed by atoms with Crippen LogP contribution in [0.4, 0.5) is 4.39 Å². The number of aryl methyl sites for hydroxylation is 1. The lowest BCUT2D eigenvalue weighted by atomic mass is 9.86. The first kappa shape index (κ1) is 12.1. The fourth-order valence-corrected chi connectivity index (χ4v) is 1.87. The monoisotopic (exact) mass is 236 g/mol. The maximum absolute atomic E-state index is 13.2. The molecule has 0 saturated heterocycles. The van der Waals surface area contributed by atoms with E-state index >= 15 is 0 Å². The van der Waals surface area contributed by atoms with Crippen LogP contribution >= 0.6 is 0 Å². The summed E-state index contributed by atoms with van der Waals surface area (Å²) in [6, 6.07) is 4.39. The number of hydrogen-bond acceptors (Lipinski definition) is 2. The summed E-state index contributed by atoms with van der Waals surface area (Å²) < 4.78 is 18.8. The van der Waals surface area contributed by atoms with Crippen LogP contribution < -0.4 is 0 Å². The Hall–Kier alpha value is -1.35. The van der Waals surface area contributed by atoms with Crippen LogP contribution in [0.15, 0.2) is 22.6 Å². The Labute approximate surface area is 100 Å². The van der Waals surface area contributed by atoms with Gasteiger partial charge in [-0.15, -0.1) is 0 Å². The van der Waals surface area contributed by atoms with Gasteiger partial charge in [0.1, 0.15) is 23.3 Å². The van der Waals surface area contributed by atoms with E-state index in [2.05, 4.69) is 0 Å². The molecule has 1 unspecified atom stereocenters. The molecule has 0 aliphatic heterocycles. The van der Waals surface area contributed by atoms with Gasteiger partial charge in [-0.2, -0.15) is 0 Å². The first-order chi connectivity index (χ1) is 7.80. The molecule has 0 amide bonds. The average Bonchev–Trinajstić information content (AvgIpc) is 2.54. The Morgan fingerprint density at radius 2 is 1.94 bits per heavy atom. The number of aliphatic hydroxyl groups excluding tert-OH is 1. The molecule has 1 N–H and O–H groups in total. The molecule has 1 heterocycles. The van der Waals surface area contributed by atoms with E-state index in [4.69, 9.17) is 4.42 Å². The zero-order valence-corrected chi connectivity index (χ0v) is 10.5. The van der Waals surface area contributed by atoms with Gasteiger partial charge in [0.15, 0.2) is 0 Å². The van der Waals surface area contributed by atoms with E-state index in [0.29, 0.717) is 11.3 Å². The van der Waals surface area contributed by atoms with Crippen LogP contribution in [0.2, 0.25) is 0 Å². The van der Waals surface area contributed by atoms with Crippen molar-refractivity contribution in [1.82, 2.24) is 0 Å². The molecule has 2 aromatic rings. The molecule has 0 aliphatic rings. The fraction of sp³-hybridized carbons (Fsp3) is 0.429. The number of halogens is 1. The third-order valence-electron chi connectivity index (χ3n) is 3.00. The second-order valence-corrected chi connectivity index (χ2v) is 5.50. The van der Waals surface area contributed by atoms with E-state index in [1.807, 2.05) is 27.7 Å².